The number of ether oxygens (including phenoxy) is 1. The van der Waals surface area contributed by atoms with E-state index in [0.717, 1.165) is 46.0 Å². The number of aromatic nitrogens is 1. The molecule has 1 fully saturated rings. The van der Waals surface area contributed by atoms with E-state index < -0.39 is 5.41 Å². The summed E-state index contributed by atoms with van der Waals surface area (Å²) >= 11 is 7.54. The molecule has 0 saturated heterocycles. The van der Waals surface area contributed by atoms with E-state index >= 15 is 0 Å². The van der Waals surface area contributed by atoms with Crippen molar-refractivity contribution in [2.45, 2.75) is 24.7 Å². The number of rotatable bonds is 6. The SMILES string of the molecule is COc1ccc(C2(C(=O)Nc3ncc(Cc4cccc(Cl)c4)s3)CC2)cc1. The Labute approximate surface area is 167 Å². The van der Waals surface area contributed by atoms with Gasteiger partial charge in [-0.15, -0.1) is 11.3 Å². The van der Waals surface area contributed by atoms with Gasteiger partial charge >= 0.3 is 0 Å². The van der Waals surface area contributed by atoms with Crippen molar-refractivity contribution in [2.75, 3.05) is 12.4 Å². The number of hydrogen-bond donors (Lipinski definition) is 1. The zero-order valence-corrected chi connectivity index (χ0v) is 16.4. The van der Waals surface area contributed by atoms with E-state index in [9.17, 15) is 4.79 Å². The van der Waals surface area contributed by atoms with Gasteiger partial charge in [-0.3, -0.25) is 4.79 Å². The summed E-state index contributed by atoms with van der Waals surface area (Å²) in [6.07, 6.45) is 4.27. The Balaban J connectivity index is 1.44. The van der Waals surface area contributed by atoms with E-state index in [0.29, 0.717) is 5.13 Å². The van der Waals surface area contributed by atoms with Gasteiger partial charge in [-0.2, -0.15) is 0 Å². The van der Waals surface area contributed by atoms with Crippen molar-refractivity contribution < 1.29 is 9.53 Å². The van der Waals surface area contributed by atoms with Crippen molar-refractivity contribution >= 4 is 34.0 Å². The Hall–Kier alpha value is -2.37. The molecule has 0 radical (unpaired) electrons. The monoisotopic (exact) mass is 398 g/mol. The fourth-order valence-corrected chi connectivity index (χ4v) is 4.25. The van der Waals surface area contributed by atoms with Crippen LogP contribution in [0.5, 0.6) is 5.75 Å². The molecule has 1 heterocycles. The summed E-state index contributed by atoms with van der Waals surface area (Å²) in [4.78, 5) is 18.3. The number of benzene rings is 2. The van der Waals surface area contributed by atoms with E-state index in [1.54, 1.807) is 7.11 Å². The van der Waals surface area contributed by atoms with Gasteiger partial charge in [0.05, 0.1) is 12.5 Å². The van der Waals surface area contributed by atoms with Crippen LogP contribution >= 0.6 is 22.9 Å². The maximum atomic E-state index is 12.9. The highest BCUT2D eigenvalue weighted by Gasteiger charge is 2.51. The second-order valence-corrected chi connectivity index (χ2v) is 8.25. The number of thiazole rings is 1. The Bertz CT molecular complexity index is 964. The minimum absolute atomic E-state index is 0.0105. The highest BCUT2D eigenvalue weighted by atomic mass is 35.5. The van der Waals surface area contributed by atoms with Crippen molar-refractivity contribution in [1.82, 2.24) is 4.98 Å². The highest BCUT2D eigenvalue weighted by molar-refractivity contribution is 7.15. The molecule has 4 nitrogen and oxygen atoms in total. The summed E-state index contributed by atoms with van der Waals surface area (Å²) in [7, 11) is 1.64. The van der Waals surface area contributed by atoms with Gasteiger partial charge in [0.15, 0.2) is 5.13 Å². The van der Waals surface area contributed by atoms with E-state index in [4.69, 9.17) is 16.3 Å². The predicted molar refractivity (Wildman–Crippen MR) is 109 cm³/mol. The van der Waals surface area contributed by atoms with Crippen molar-refractivity contribution in [3.05, 3.63) is 75.8 Å². The molecule has 2 aromatic carbocycles. The molecule has 1 amide bonds. The number of amides is 1. The van der Waals surface area contributed by atoms with Gasteiger partial charge < -0.3 is 10.1 Å². The predicted octanol–water partition coefficient (Wildman–Crippen LogP) is 5.07. The summed E-state index contributed by atoms with van der Waals surface area (Å²) in [5.74, 6) is 0.803. The first-order chi connectivity index (χ1) is 13.1. The normalized spacial score (nSPS) is 14.6. The van der Waals surface area contributed by atoms with Crippen LogP contribution in [0.3, 0.4) is 0 Å². The molecule has 1 N–H and O–H groups in total. The third kappa shape index (κ3) is 3.84. The van der Waals surface area contributed by atoms with E-state index in [-0.39, 0.29) is 5.91 Å². The molecule has 6 heteroatoms. The Kier molecular flexibility index (Phi) is 4.89. The fraction of sp³-hybridized carbons (Fsp3) is 0.238. The standard InChI is InChI=1S/C21H19ClN2O2S/c1-26-17-7-5-15(6-8-17)21(9-10-21)19(25)24-20-23-13-18(27-20)12-14-3-2-4-16(22)11-14/h2-8,11,13H,9-10,12H2,1H3,(H,23,24,25). The lowest BCUT2D eigenvalue weighted by Crippen LogP contribution is -2.27. The average Bonchev–Trinajstić information content (AvgIpc) is 3.38. The maximum absolute atomic E-state index is 12.9. The van der Waals surface area contributed by atoms with Crippen molar-refractivity contribution in [3.8, 4) is 5.75 Å². The molecule has 0 atom stereocenters. The average molecular weight is 399 g/mol. The van der Waals surface area contributed by atoms with Crippen LogP contribution in [0, 0.1) is 0 Å². The summed E-state index contributed by atoms with van der Waals surface area (Å²) in [6, 6.07) is 15.5. The molecule has 138 valence electrons. The van der Waals surface area contributed by atoms with Crippen LogP contribution in [-0.2, 0) is 16.6 Å². The van der Waals surface area contributed by atoms with Crippen LogP contribution < -0.4 is 10.1 Å². The lowest BCUT2D eigenvalue weighted by Gasteiger charge is -2.15. The van der Waals surface area contributed by atoms with Crippen molar-refractivity contribution in [1.29, 1.82) is 0 Å². The topological polar surface area (TPSA) is 51.2 Å². The quantitative estimate of drug-likeness (QED) is 0.630. The third-order valence-corrected chi connectivity index (χ3v) is 6.02. The van der Waals surface area contributed by atoms with E-state index in [1.807, 2.05) is 54.7 Å². The molecule has 3 aromatic rings. The minimum Gasteiger partial charge on any atom is -0.497 e. The zero-order valence-electron chi connectivity index (χ0n) is 14.9. The molecule has 0 spiro atoms. The molecule has 1 saturated carbocycles. The molecule has 1 aromatic heterocycles. The Morgan fingerprint density at radius 2 is 2.04 bits per heavy atom. The molecule has 27 heavy (non-hydrogen) atoms. The Morgan fingerprint density at radius 3 is 2.70 bits per heavy atom. The van der Waals surface area contributed by atoms with Crippen LogP contribution in [-0.4, -0.2) is 18.0 Å². The van der Waals surface area contributed by atoms with Crippen molar-refractivity contribution in [2.24, 2.45) is 0 Å². The molecule has 0 unspecified atom stereocenters. The number of hydrogen-bond acceptors (Lipinski definition) is 4. The van der Waals surface area contributed by atoms with Gasteiger partial charge in [0.2, 0.25) is 5.91 Å². The third-order valence-electron chi connectivity index (χ3n) is 4.87. The van der Waals surface area contributed by atoms with Crippen LogP contribution in [0.4, 0.5) is 5.13 Å². The van der Waals surface area contributed by atoms with Gasteiger partial charge in [-0.25, -0.2) is 4.98 Å². The highest BCUT2D eigenvalue weighted by Crippen LogP contribution is 2.49. The van der Waals surface area contributed by atoms with Gasteiger partial charge in [-0.1, -0.05) is 35.9 Å². The second kappa shape index (κ2) is 7.33. The largest absolute Gasteiger partial charge is 0.497 e. The van der Waals surface area contributed by atoms with E-state index in [2.05, 4.69) is 10.3 Å². The second-order valence-electron chi connectivity index (χ2n) is 6.70. The summed E-state index contributed by atoms with van der Waals surface area (Å²) in [5.41, 5.74) is 1.71. The summed E-state index contributed by atoms with van der Waals surface area (Å²) in [5, 5.41) is 4.36. The van der Waals surface area contributed by atoms with Gasteiger partial charge in [-0.05, 0) is 48.2 Å². The maximum Gasteiger partial charge on any atom is 0.236 e. The first-order valence-electron chi connectivity index (χ1n) is 8.74. The van der Waals surface area contributed by atoms with E-state index in [1.165, 1.54) is 11.3 Å². The molecule has 4 rings (SSSR count). The van der Waals surface area contributed by atoms with Gasteiger partial charge in [0, 0.05) is 22.5 Å². The molecular formula is C21H19ClN2O2S. The molecule has 0 bridgehead atoms. The number of anilines is 1. The molecule has 1 aliphatic rings. The number of nitrogens with zero attached hydrogens (tertiary/aromatic N) is 1. The number of carbonyl (C=O) groups is 1. The van der Waals surface area contributed by atoms with Crippen LogP contribution in [0.25, 0.3) is 0 Å². The lowest BCUT2D eigenvalue weighted by molar-refractivity contribution is -0.118. The fourth-order valence-electron chi connectivity index (χ4n) is 3.19. The van der Waals surface area contributed by atoms with Crippen LogP contribution in [0.15, 0.2) is 54.7 Å². The lowest BCUT2D eigenvalue weighted by atomic mass is 9.95. The first kappa shape index (κ1) is 18.0. The summed E-state index contributed by atoms with van der Waals surface area (Å²) < 4.78 is 5.20. The summed E-state index contributed by atoms with van der Waals surface area (Å²) in [6.45, 7) is 0. The minimum atomic E-state index is -0.439. The zero-order chi connectivity index (χ0) is 18.9. The molecule has 0 aliphatic heterocycles. The molecular weight excluding hydrogens is 380 g/mol. The van der Waals surface area contributed by atoms with Crippen LogP contribution in [0.2, 0.25) is 5.02 Å². The number of carbonyl (C=O) groups excluding carboxylic acids is 1. The number of nitrogens with one attached hydrogen (secondary N) is 1. The Morgan fingerprint density at radius 1 is 1.26 bits per heavy atom. The smallest absolute Gasteiger partial charge is 0.236 e. The van der Waals surface area contributed by atoms with Crippen LogP contribution in [0.1, 0.15) is 28.8 Å². The molecule has 1 aliphatic carbocycles. The van der Waals surface area contributed by atoms with Gasteiger partial charge in [0.1, 0.15) is 5.75 Å². The van der Waals surface area contributed by atoms with Crippen molar-refractivity contribution in [3.63, 3.8) is 0 Å². The number of methoxy groups -OCH3 is 1. The first-order valence-corrected chi connectivity index (χ1v) is 9.94. The van der Waals surface area contributed by atoms with Gasteiger partial charge in [0.25, 0.3) is 0 Å². The number of halogens is 1.